The van der Waals surface area contributed by atoms with Gasteiger partial charge in [-0.1, -0.05) is 19.3 Å². The van der Waals surface area contributed by atoms with Crippen LogP contribution in [0.3, 0.4) is 0 Å². The van der Waals surface area contributed by atoms with Gasteiger partial charge >= 0.3 is 0 Å². The Balaban J connectivity index is 1.81. The van der Waals surface area contributed by atoms with Crippen LogP contribution in [0.4, 0.5) is 0 Å². The molecule has 2 saturated carbocycles. The van der Waals surface area contributed by atoms with Crippen LogP contribution in [0, 0.1) is 5.41 Å². The van der Waals surface area contributed by atoms with Crippen molar-refractivity contribution in [1.29, 1.82) is 0 Å². The molecule has 0 bridgehead atoms. The molecule has 1 unspecified atom stereocenters. The minimum Gasteiger partial charge on any atom is -0.327 e. The molecule has 0 aromatic carbocycles. The monoisotopic (exact) mass is 196 g/mol. The Bertz CT molecular complexity index is 183. The molecular weight excluding hydrogens is 172 g/mol. The standard InChI is InChI=1S/C12H24N2/c1-10(13)9-14-11-5-8-12(11)6-3-2-4-7-12/h10-11,14H,2-9,13H2,1H3/t10-,11?/m0/s1. The first-order chi connectivity index (χ1) is 6.73. The first-order valence-corrected chi connectivity index (χ1v) is 6.22. The first-order valence-electron chi connectivity index (χ1n) is 6.22. The van der Waals surface area contributed by atoms with E-state index in [4.69, 9.17) is 5.73 Å². The summed E-state index contributed by atoms with van der Waals surface area (Å²) in [5, 5.41) is 3.65. The summed E-state index contributed by atoms with van der Waals surface area (Å²) >= 11 is 0. The van der Waals surface area contributed by atoms with Gasteiger partial charge in [0.15, 0.2) is 0 Å². The van der Waals surface area contributed by atoms with Gasteiger partial charge in [0.25, 0.3) is 0 Å². The van der Waals surface area contributed by atoms with E-state index < -0.39 is 0 Å². The Labute approximate surface area is 87.6 Å². The second kappa shape index (κ2) is 4.19. The normalized spacial score (nSPS) is 32.6. The van der Waals surface area contributed by atoms with Gasteiger partial charge in [-0.25, -0.2) is 0 Å². The summed E-state index contributed by atoms with van der Waals surface area (Å²) in [6.07, 6.45) is 10.1. The summed E-state index contributed by atoms with van der Waals surface area (Å²) in [5.74, 6) is 0. The Morgan fingerprint density at radius 2 is 2.00 bits per heavy atom. The van der Waals surface area contributed by atoms with Crippen LogP contribution >= 0.6 is 0 Å². The van der Waals surface area contributed by atoms with Crippen LogP contribution in [0.25, 0.3) is 0 Å². The zero-order valence-corrected chi connectivity index (χ0v) is 9.39. The van der Waals surface area contributed by atoms with Crippen molar-refractivity contribution in [3.8, 4) is 0 Å². The summed E-state index contributed by atoms with van der Waals surface area (Å²) < 4.78 is 0. The van der Waals surface area contributed by atoms with Gasteiger partial charge in [-0.05, 0) is 38.0 Å². The maximum Gasteiger partial charge on any atom is 0.0136 e. The Kier molecular flexibility index (Phi) is 3.13. The average Bonchev–Trinajstić information content (AvgIpc) is 2.17. The van der Waals surface area contributed by atoms with Crippen LogP contribution in [0.5, 0.6) is 0 Å². The van der Waals surface area contributed by atoms with Gasteiger partial charge in [-0.3, -0.25) is 0 Å². The minimum absolute atomic E-state index is 0.302. The van der Waals surface area contributed by atoms with E-state index in [1.807, 2.05) is 0 Å². The van der Waals surface area contributed by atoms with E-state index in [-0.39, 0.29) is 0 Å². The van der Waals surface area contributed by atoms with E-state index in [1.54, 1.807) is 0 Å². The van der Waals surface area contributed by atoms with Crippen LogP contribution < -0.4 is 11.1 Å². The number of nitrogens with two attached hydrogens (primary N) is 1. The molecule has 0 aromatic heterocycles. The van der Waals surface area contributed by atoms with Crippen LogP contribution in [0.2, 0.25) is 0 Å². The number of hydrogen-bond acceptors (Lipinski definition) is 2. The molecule has 2 rings (SSSR count). The third kappa shape index (κ3) is 1.96. The highest BCUT2D eigenvalue weighted by atomic mass is 15.0. The van der Waals surface area contributed by atoms with Crippen LogP contribution in [0.15, 0.2) is 0 Å². The van der Waals surface area contributed by atoms with Crippen LogP contribution in [-0.2, 0) is 0 Å². The maximum absolute atomic E-state index is 5.77. The fourth-order valence-corrected chi connectivity index (χ4v) is 3.20. The van der Waals surface area contributed by atoms with Gasteiger partial charge in [0, 0.05) is 18.6 Å². The van der Waals surface area contributed by atoms with Crippen molar-refractivity contribution in [3.63, 3.8) is 0 Å². The summed E-state index contributed by atoms with van der Waals surface area (Å²) in [5.41, 5.74) is 6.46. The highest BCUT2D eigenvalue weighted by Crippen LogP contribution is 2.51. The van der Waals surface area contributed by atoms with Crippen molar-refractivity contribution < 1.29 is 0 Å². The highest BCUT2D eigenvalue weighted by molar-refractivity contribution is 5.01. The zero-order valence-electron chi connectivity index (χ0n) is 9.39. The Morgan fingerprint density at radius 3 is 2.50 bits per heavy atom. The molecule has 0 saturated heterocycles. The molecule has 3 N–H and O–H groups in total. The van der Waals surface area contributed by atoms with Crippen molar-refractivity contribution in [2.24, 2.45) is 11.1 Å². The fourth-order valence-electron chi connectivity index (χ4n) is 3.20. The van der Waals surface area contributed by atoms with Crippen molar-refractivity contribution in [1.82, 2.24) is 5.32 Å². The molecule has 2 heteroatoms. The predicted octanol–water partition coefficient (Wildman–Crippen LogP) is 2.04. The van der Waals surface area contributed by atoms with E-state index >= 15 is 0 Å². The van der Waals surface area contributed by atoms with Crippen molar-refractivity contribution >= 4 is 0 Å². The molecule has 82 valence electrons. The fraction of sp³-hybridized carbons (Fsp3) is 1.00. The van der Waals surface area contributed by atoms with E-state index in [2.05, 4.69) is 12.2 Å². The van der Waals surface area contributed by atoms with Gasteiger partial charge in [0.2, 0.25) is 0 Å². The Hall–Kier alpha value is -0.0800. The Morgan fingerprint density at radius 1 is 1.29 bits per heavy atom. The lowest BCUT2D eigenvalue weighted by Crippen LogP contribution is -2.56. The molecule has 14 heavy (non-hydrogen) atoms. The summed E-state index contributed by atoms with van der Waals surface area (Å²) in [6, 6.07) is 1.09. The molecule has 2 aliphatic carbocycles. The SMILES string of the molecule is C[C@H](N)CNC1CCC12CCCCC2. The molecule has 2 fully saturated rings. The number of nitrogens with one attached hydrogen (secondary N) is 1. The van der Waals surface area contributed by atoms with Gasteiger partial charge in [0.1, 0.15) is 0 Å². The van der Waals surface area contributed by atoms with Gasteiger partial charge < -0.3 is 11.1 Å². The van der Waals surface area contributed by atoms with E-state index in [0.717, 1.165) is 12.6 Å². The van der Waals surface area contributed by atoms with Crippen LogP contribution in [0.1, 0.15) is 51.9 Å². The number of rotatable bonds is 3. The largest absolute Gasteiger partial charge is 0.327 e. The zero-order chi connectivity index (χ0) is 10.0. The van der Waals surface area contributed by atoms with E-state index in [0.29, 0.717) is 11.5 Å². The number of hydrogen-bond donors (Lipinski definition) is 2. The minimum atomic E-state index is 0.302. The molecule has 0 amide bonds. The lowest BCUT2D eigenvalue weighted by molar-refractivity contribution is 0.0228. The maximum atomic E-state index is 5.77. The van der Waals surface area contributed by atoms with Gasteiger partial charge in [0.05, 0.1) is 0 Å². The second-order valence-corrected chi connectivity index (χ2v) is 5.40. The molecule has 2 nitrogen and oxygen atoms in total. The molecule has 0 heterocycles. The first kappa shape index (κ1) is 10.4. The molecular formula is C12H24N2. The quantitative estimate of drug-likeness (QED) is 0.725. The third-order valence-corrected chi connectivity index (χ3v) is 4.21. The van der Waals surface area contributed by atoms with E-state index in [1.165, 1.54) is 44.9 Å². The van der Waals surface area contributed by atoms with Crippen molar-refractivity contribution in [3.05, 3.63) is 0 Å². The van der Waals surface area contributed by atoms with Crippen molar-refractivity contribution in [2.75, 3.05) is 6.54 Å². The summed E-state index contributed by atoms with van der Waals surface area (Å²) in [6.45, 7) is 3.08. The van der Waals surface area contributed by atoms with Crippen molar-refractivity contribution in [2.45, 2.75) is 64.0 Å². The third-order valence-electron chi connectivity index (χ3n) is 4.21. The molecule has 0 aromatic rings. The van der Waals surface area contributed by atoms with Crippen LogP contribution in [-0.4, -0.2) is 18.6 Å². The summed E-state index contributed by atoms with van der Waals surface area (Å²) in [7, 11) is 0. The molecule has 1 spiro atoms. The predicted molar refractivity (Wildman–Crippen MR) is 60.2 cm³/mol. The molecule has 0 radical (unpaired) electrons. The molecule has 0 aliphatic heterocycles. The smallest absolute Gasteiger partial charge is 0.0136 e. The lowest BCUT2D eigenvalue weighted by atomic mass is 9.57. The molecule has 2 aliphatic rings. The van der Waals surface area contributed by atoms with Gasteiger partial charge in [-0.15, -0.1) is 0 Å². The molecule has 2 atom stereocenters. The average molecular weight is 196 g/mol. The highest BCUT2D eigenvalue weighted by Gasteiger charge is 2.46. The second-order valence-electron chi connectivity index (χ2n) is 5.40. The lowest BCUT2D eigenvalue weighted by Gasteiger charge is -2.52. The van der Waals surface area contributed by atoms with Gasteiger partial charge in [-0.2, -0.15) is 0 Å². The summed E-state index contributed by atoms with van der Waals surface area (Å²) in [4.78, 5) is 0. The van der Waals surface area contributed by atoms with E-state index in [9.17, 15) is 0 Å². The topological polar surface area (TPSA) is 38.0 Å².